The van der Waals surface area contributed by atoms with E-state index in [4.69, 9.17) is 0 Å². The molecule has 1 nitrogen and oxygen atoms in total. The Bertz CT molecular complexity index is 4220. The molecule has 1 N–H and O–H groups in total. The highest BCUT2D eigenvalue weighted by Gasteiger charge is 2.53. The van der Waals surface area contributed by atoms with Crippen LogP contribution in [0.5, 0.6) is 0 Å². The average molecular weight is 1500 g/mol. The molecule has 0 fully saturated rings. The van der Waals surface area contributed by atoms with Gasteiger partial charge in [0, 0.05) is 5.56 Å². The van der Waals surface area contributed by atoms with Gasteiger partial charge in [-0.2, -0.15) is 0 Å². The van der Waals surface area contributed by atoms with Gasteiger partial charge < -0.3 is 4.90 Å². The number of para-hydroxylation sites is 1. The van der Waals surface area contributed by atoms with Crippen molar-refractivity contribution in [3.8, 4) is 0 Å². The van der Waals surface area contributed by atoms with Crippen LogP contribution in [0, 0.1) is 170 Å². The van der Waals surface area contributed by atoms with E-state index in [0.29, 0.717) is 0 Å². The monoisotopic (exact) mass is 1500 g/mol. The van der Waals surface area contributed by atoms with Crippen molar-refractivity contribution in [2.75, 3.05) is 13.1 Å². The van der Waals surface area contributed by atoms with E-state index >= 15 is 87.8 Å². The third-order valence-electron chi connectivity index (χ3n) is 18.9. The number of fused-ring (bicyclic) bond motifs is 4. The molecule has 0 radical (unpaired) electrons. The quantitative estimate of drug-likeness (QED) is 0.0157. The largest absolute Gasteiger partial charge is 0.302 e. The summed E-state index contributed by atoms with van der Waals surface area (Å²) in [6.07, 6.45) is 23.6. The Kier molecular flexibility index (Phi) is 26.6. The van der Waals surface area contributed by atoms with Crippen LogP contribution in [0.4, 0.5) is 129 Å². The SMILES string of the molecule is CCCCCCCCCCCCCC[NH+](CCCCCCCCCCCC)c1ccccc1C.Fc1c(F)c(F)c2c(F)c([B-](c3c(F)c(F)c4c(F)c(F)c(F)c(F)c4c3F)(c3c(F)c(F)c4c(F)c(F)c(F)c(F)c4c3F)c3c(F)c(F)c4c(F)c(F)c(F)c(F)c4c3F)c(F)c(F)c2c1F. The molecule has 0 saturated carbocycles. The fourth-order valence-electron chi connectivity index (χ4n) is 13.8. The lowest BCUT2D eigenvalue weighted by molar-refractivity contribution is -0.833. The molecule has 0 bridgehead atoms. The van der Waals surface area contributed by atoms with E-state index in [1.165, 1.54) is 160 Å². The van der Waals surface area contributed by atoms with E-state index in [1.807, 2.05) is 0 Å². The van der Waals surface area contributed by atoms with Crippen molar-refractivity contribution in [2.45, 2.75) is 162 Å². The van der Waals surface area contributed by atoms with Gasteiger partial charge in [0.25, 0.3) is 0 Å². The van der Waals surface area contributed by atoms with Crippen molar-refractivity contribution in [2.24, 2.45) is 0 Å². The predicted molar refractivity (Wildman–Crippen MR) is 333 cm³/mol. The first-order valence-electron chi connectivity index (χ1n) is 33.1. The molecule has 0 aliphatic carbocycles. The second-order valence-electron chi connectivity index (χ2n) is 25.3. The number of unbranched alkanes of at least 4 members (excludes halogenated alkanes) is 20. The molecule has 0 amide bonds. The van der Waals surface area contributed by atoms with E-state index in [2.05, 4.69) is 45.0 Å². The third-order valence-corrected chi connectivity index (χ3v) is 18.9. The minimum atomic E-state index is -7.99. The normalized spacial score (nSPS) is 12.3. The van der Waals surface area contributed by atoms with Crippen molar-refractivity contribution in [3.63, 3.8) is 0 Å². The van der Waals surface area contributed by atoms with Crippen molar-refractivity contribution >= 4 is 76.8 Å². The van der Waals surface area contributed by atoms with Gasteiger partial charge >= 0.3 is 0 Å². The molecular weight excluding hydrogens is 1430 g/mol. The maximum atomic E-state index is 17.4. The first-order chi connectivity index (χ1) is 48.8. The molecule has 30 heteroatoms. The molecule has 1 atom stereocenters. The molecule has 0 heterocycles. The number of aryl methyl sites for hydroxylation is 1. The maximum absolute atomic E-state index is 17.4. The molecule has 9 aromatic rings. The fraction of sp³-hybridized carbons (Fsp3) is 0.370. The second kappa shape index (κ2) is 33.9. The third kappa shape index (κ3) is 14.7. The van der Waals surface area contributed by atoms with Gasteiger partial charge in [-0.15, -0.1) is 21.9 Å². The molecule has 0 spiro atoms. The molecular formula is C73H62BF28N. The van der Waals surface area contributed by atoms with E-state index < -0.39 is 234 Å². The van der Waals surface area contributed by atoms with Gasteiger partial charge in [-0.3, -0.25) is 0 Å². The summed E-state index contributed by atoms with van der Waals surface area (Å²) in [5.74, 6) is -102. The van der Waals surface area contributed by atoms with Gasteiger partial charge in [-0.25, -0.2) is 123 Å². The van der Waals surface area contributed by atoms with Crippen LogP contribution in [0.15, 0.2) is 24.3 Å². The highest BCUT2D eigenvalue weighted by molar-refractivity contribution is 7.20. The number of benzene rings is 9. The van der Waals surface area contributed by atoms with Gasteiger partial charge in [-0.1, -0.05) is 148 Å². The first kappa shape index (κ1) is 80.8. The number of quaternary nitrogens is 1. The van der Waals surface area contributed by atoms with Crippen LogP contribution in [0.2, 0.25) is 0 Å². The zero-order valence-electron chi connectivity index (χ0n) is 54.9. The molecule has 0 saturated heterocycles. The lowest BCUT2D eigenvalue weighted by Gasteiger charge is -2.45. The van der Waals surface area contributed by atoms with Gasteiger partial charge in [0.1, 0.15) is 58.4 Å². The van der Waals surface area contributed by atoms with Gasteiger partial charge in [0.2, 0.25) is 0 Å². The topological polar surface area (TPSA) is 4.44 Å². The van der Waals surface area contributed by atoms with E-state index in [-0.39, 0.29) is 0 Å². The highest BCUT2D eigenvalue weighted by atomic mass is 19.2. The number of hydrogen-bond acceptors (Lipinski definition) is 0. The Morgan fingerprint density at radius 1 is 0.214 bits per heavy atom. The van der Waals surface area contributed by atoms with Crippen molar-refractivity contribution in [1.29, 1.82) is 0 Å². The van der Waals surface area contributed by atoms with Crippen LogP contribution in [0.3, 0.4) is 0 Å². The fourth-order valence-corrected chi connectivity index (χ4v) is 13.8. The van der Waals surface area contributed by atoms with E-state index in [9.17, 15) is 35.1 Å². The van der Waals surface area contributed by atoms with Crippen molar-refractivity contribution in [1.82, 2.24) is 0 Å². The summed E-state index contributed by atoms with van der Waals surface area (Å²) in [5, 5.41) is -25.0. The van der Waals surface area contributed by atoms with Crippen LogP contribution < -0.4 is 26.8 Å². The molecule has 558 valence electrons. The standard InChI is InChI=1S/C40BF28.C33H61N/c42-13-1-5(25(54)37(66)33(62)21(1)50)17(46)29(58)9(13)41(10-14(43)2-6(18(47)30(10)59)26(55)38(67)34(63)22(2)51,11-15(44)3-7(19(48)31(11)60)27(56)39(68)35(64)23(3)52)12-16(45)4-8(20(49)32(12)61)28(57)40(69)36(65)24(4)53;1-4-6-8-10-12-14-16-17-19-21-23-27-31-34(33-29-25-24-28-32(33)3)30-26-22-20-18-15-13-11-9-7-5-2/h;24-25,28-29H,4-23,26-27,30-31H2,1-3H3/q-1;/p+1. The van der Waals surface area contributed by atoms with Crippen LogP contribution in [-0.4, -0.2) is 19.2 Å². The predicted octanol–water partition coefficient (Wildman–Crippen LogP) is 21.7. The van der Waals surface area contributed by atoms with Gasteiger partial charge in [0.05, 0.1) is 56.2 Å². The Morgan fingerprint density at radius 3 is 0.592 bits per heavy atom. The zero-order chi connectivity index (χ0) is 76.1. The number of nitrogens with one attached hydrogen (secondary N) is 1. The highest BCUT2D eigenvalue weighted by Crippen LogP contribution is 2.41. The maximum Gasteiger partial charge on any atom is 0.198 e. The number of halogens is 28. The van der Waals surface area contributed by atoms with E-state index in [1.54, 1.807) is 10.6 Å². The summed E-state index contributed by atoms with van der Waals surface area (Å²) < 4.78 is 442. The van der Waals surface area contributed by atoms with Gasteiger partial charge in [-0.05, 0) is 38.7 Å². The van der Waals surface area contributed by atoms with Crippen LogP contribution in [-0.2, 0) is 0 Å². The van der Waals surface area contributed by atoms with E-state index in [0.717, 1.165) is 0 Å². The number of rotatable bonds is 29. The summed E-state index contributed by atoms with van der Waals surface area (Å²) >= 11 is 0. The smallest absolute Gasteiger partial charge is 0.198 e. The summed E-state index contributed by atoms with van der Waals surface area (Å²) in [6, 6.07) is 9.11. The lowest BCUT2D eigenvalue weighted by atomic mass is 9.12. The summed E-state index contributed by atoms with van der Waals surface area (Å²) in [6.45, 7) is 9.55. The Morgan fingerprint density at radius 2 is 0.388 bits per heavy atom. The number of hydrogen-bond donors (Lipinski definition) is 1. The molecule has 0 aliphatic heterocycles. The lowest BCUT2D eigenvalue weighted by Crippen LogP contribution is -3.07. The van der Waals surface area contributed by atoms with Gasteiger partial charge in [0.15, 0.2) is 116 Å². The summed E-state index contributed by atoms with van der Waals surface area (Å²) in [5.41, 5.74) is -12.8. The van der Waals surface area contributed by atoms with Crippen LogP contribution in [0.25, 0.3) is 43.1 Å². The second-order valence-corrected chi connectivity index (χ2v) is 25.3. The minimum Gasteiger partial charge on any atom is -0.302 e. The Labute approximate surface area is 570 Å². The molecule has 1 unspecified atom stereocenters. The molecule has 0 aliphatic rings. The zero-order valence-corrected chi connectivity index (χ0v) is 54.9. The molecule has 0 aromatic heterocycles. The summed E-state index contributed by atoms with van der Waals surface area (Å²) in [7, 11) is 0. The first-order valence-corrected chi connectivity index (χ1v) is 33.1. The molecule has 9 rings (SSSR count). The Balaban J connectivity index is 0.000000333. The summed E-state index contributed by atoms with van der Waals surface area (Å²) in [4.78, 5) is 1.74. The average Bonchev–Trinajstić information content (AvgIpc) is 0.669. The Hall–Kier alpha value is -7.92. The van der Waals surface area contributed by atoms with Crippen LogP contribution in [0.1, 0.15) is 161 Å². The van der Waals surface area contributed by atoms with Crippen molar-refractivity contribution < 1.29 is 128 Å². The minimum absolute atomic E-state index is 1.32. The van der Waals surface area contributed by atoms with Crippen LogP contribution >= 0.6 is 0 Å². The molecule has 103 heavy (non-hydrogen) atoms. The van der Waals surface area contributed by atoms with Crippen molar-refractivity contribution in [3.05, 3.63) is 193 Å². The molecule has 9 aromatic carbocycles.